The second-order valence-electron chi connectivity index (χ2n) is 6.02. The molecular formula is C20H21NO5. The number of nitrogens with one attached hydrogen (secondary N) is 1. The van der Waals surface area contributed by atoms with Crippen molar-refractivity contribution in [2.24, 2.45) is 5.92 Å². The third-order valence-electron chi connectivity index (χ3n) is 3.48. The Morgan fingerprint density at radius 2 is 1.69 bits per heavy atom. The molecule has 0 spiro atoms. The Labute approximate surface area is 152 Å². The first-order chi connectivity index (χ1) is 12.3. The van der Waals surface area contributed by atoms with Crippen LogP contribution in [0.4, 0.5) is 5.69 Å². The maximum absolute atomic E-state index is 11.9. The number of ketones is 1. The monoisotopic (exact) mass is 355 g/mol. The van der Waals surface area contributed by atoms with Crippen LogP contribution in [0, 0.1) is 5.92 Å². The SMILES string of the molecule is CC(=O)c1ccc(OC(=O)COc2cccc(NC(=O)C(C)C)c2)cc1. The Kier molecular flexibility index (Phi) is 6.49. The van der Waals surface area contributed by atoms with E-state index in [1.54, 1.807) is 62.4 Å². The van der Waals surface area contributed by atoms with Crippen molar-refractivity contribution in [3.05, 3.63) is 54.1 Å². The third-order valence-corrected chi connectivity index (χ3v) is 3.48. The van der Waals surface area contributed by atoms with Crippen LogP contribution >= 0.6 is 0 Å². The van der Waals surface area contributed by atoms with E-state index in [2.05, 4.69) is 5.32 Å². The highest BCUT2D eigenvalue weighted by atomic mass is 16.6. The fourth-order valence-corrected chi connectivity index (χ4v) is 2.01. The normalized spacial score (nSPS) is 10.3. The quantitative estimate of drug-likeness (QED) is 0.467. The van der Waals surface area contributed by atoms with Gasteiger partial charge in [-0.05, 0) is 43.3 Å². The van der Waals surface area contributed by atoms with E-state index in [1.165, 1.54) is 6.92 Å². The summed E-state index contributed by atoms with van der Waals surface area (Å²) in [6.45, 7) is 4.78. The fourth-order valence-electron chi connectivity index (χ4n) is 2.01. The number of rotatable bonds is 7. The van der Waals surface area contributed by atoms with E-state index in [0.717, 1.165) is 0 Å². The summed E-state index contributed by atoms with van der Waals surface area (Å²) in [5.74, 6) is -0.0932. The molecule has 0 bridgehead atoms. The summed E-state index contributed by atoms with van der Waals surface area (Å²) in [5.41, 5.74) is 1.13. The van der Waals surface area contributed by atoms with Crippen LogP contribution in [-0.2, 0) is 9.59 Å². The highest BCUT2D eigenvalue weighted by Gasteiger charge is 2.10. The molecule has 0 aromatic heterocycles. The summed E-state index contributed by atoms with van der Waals surface area (Å²) in [4.78, 5) is 34.8. The number of Topliss-reactive ketones (excluding diaryl/α,β-unsaturated/α-hetero) is 1. The van der Waals surface area contributed by atoms with Crippen LogP contribution in [0.15, 0.2) is 48.5 Å². The molecule has 0 aliphatic carbocycles. The number of carbonyl (C=O) groups is 3. The summed E-state index contributed by atoms with van der Waals surface area (Å²) in [6, 6.07) is 13.1. The number of amides is 1. The molecule has 136 valence electrons. The molecule has 0 heterocycles. The summed E-state index contributed by atoms with van der Waals surface area (Å²) >= 11 is 0. The van der Waals surface area contributed by atoms with E-state index in [-0.39, 0.29) is 24.2 Å². The molecule has 6 nitrogen and oxygen atoms in total. The molecule has 2 aromatic carbocycles. The number of ether oxygens (including phenoxy) is 2. The minimum atomic E-state index is -0.572. The number of benzene rings is 2. The number of hydrogen-bond acceptors (Lipinski definition) is 5. The highest BCUT2D eigenvalue weighted by molar-refractivity contribution is 5.94. The predicted molar refractivity (Wildman–Crippen MR) is 97.5 cm³/mol. The lowest BCUT2D eigenvalue weighted by Crippen LogP contribution is -2.19. The van der Waals surface area contributed by atoms with Gasteiger partial charge in [0.05, 0.1) is 0 Å². The summed E-state index contributed by atoms with van der Waals surface area (Å²) in [6.07, 6.45) is 0. The van der Waals surface area contributed by atoms with Crippen molar-refractivity contribution in [2.75, 3.05) is 11.9 Å². The molecule has 0 fully saturated rings. The number of esters is 1. The van der Waals surface area contributed by atoms with E-state index >= 15 is 0 Å². The summed E-state index contributed by atoms with van der Waals surface area (Å²) < 4.78 is 10.6. The zero-order valence-electron chi connectivity index (χ0n) is 14.9. The minimum absolute atomic E-state index is 0.0596. The van der Waals surface area contributed by atoms with Crippen molar-refractivity contribution < 1.29 is 23.9 Å². The van der Waals surface area contributed by atoms with Gasteiger partial charge in [-0.25, -0.2) is 4.79 Å². The first-order valence-electron chi connectivity index (χ1n) is 8.20. The molecule has 1 N–H and O–H groups in total. The molecule has 0 saturated heterocycles. The second kappa shape index (κ2) is 8.80. The van der Waals surface area contributed by atoms with E-state index in [4.69, 9.17) is 9.47 Å². The Morgan fingerprint density at radius 1 is 1.00 bits per heavy atom. The van der Waals surface area contributed by atoms with Gasteiger partial charge in [-0.2, -0.15) is 0 Å². The lowest BCUT2D eigenvalue weighted by atomic mass is 10.1. The van der Waals surface area contributed by atoms with E-state index in [9.17, 15) is 14.4 Å². The van der Waals surface area contributed by atoms with Gasteiger partial charge in [-0.1, -0.05) is 19.9 Å². The topological polar surface area (TPSA) is 81.7 Å². The van der Waals surface area contributed by atoms with Crippen molar-refractivity contribution in [1.82, 2.24) is 0 Å². The molecule has 0 aliphatic heterocycles. The van der Waals surface area contributed by atoms with Gasteiger partial charge in [0.15, 0.2) is 12.4 Å². The number of hydrogen-bond donors (Lipinski definition) is 1. The third kappa shape index (κ3) is 5.73. The van der Waals surface area contributed by atoms with Gasteiger partial charge in [-0.3, -0.25) is 9.59 Å². The van der Waals surface area contributed by atoms with Crippen molar-refractivity contribution in [3.63, 3.8) is 0 Å². The summed E-state index contributed by atoms with van der Waals surface area (Å²) in [7, 11) is 0. The molecule has 1 amide bonds. The largest absolute Gasteiger partial charge is 0.482 e. The molecule has 2 rings (SSSR count). The fraction of sp³-hybridized carbons (Fsp3) is 0.250. The Bertz CT molecular complexity index is 796. The van der Waals surface area contributed by atoms with Gasteiger partial charge in [-0.15, -0.1) is 0 Å². The molecule has 0 saturated carbocycles. The van der Waals surface area contributed by atoms with E-state index < -0.39 is 5.97 Å². The molecule has 2 aromatic rings. The molecule has 6 heteroatoms. The zero-order chi connectivity index (χ0) is 19.1. The van der Waals surface area contributed by atoms with Crippen molar-refractivity contribution in [1.29, 1.82) is 0 Å². The van der Waals surface area contributed by atoms with Crippen LogP contribution in [0.3, 0.4) is 0 Å². The molecule has 0 unspecified atom stereocenters. The molecule has 0 aliphatic rings. The first-order valence-corrected chi connectivity index (χ1v) is 8.20. The van der Waals surface area contributed by atoms with Gasteiger partial charge in [0, 0.05) is 23.2 Å². The average Bonchev–Trinajstić information content (AvgIpc) is 2.60. The lowest BCUT2D eigenvalue weighted by molar-refractivity contribution is -0.136. The maximum atomic E-state index is 11.9. The van der Waals surface area contributed by atoms with Crippen molar-refractivity contribution in [3.8, 4) is 11.5 Å². The van der Waals surface area contributed by atoms with Gasteiger partial charge >= 0.3 is 5.97 Å². The van der Waals surface area contributed by atoms with Crippen LogP contribution in [0.2, 0.25) is 0 Å². The summed E-state index contributed by atoms with van der Waals surface area (Å²) in [5, 5.41) is 2.76. The second-order valence-corrected chi connectivity index (χ2v) is 6.02. The lowest BCUT2D eigenvalue weighted by Gasteiger charge is -2.10. The number of anilines is 1. The average molecular weight is 355 g/mol. The Morgan fingerprint density at radius 3 is 2.31 bits per heavy atom. The smallest absolute Gasteiger partial charge is 0.349 e. The number of carbonyl (C=O) groups excluding carboxylic acids is 3. The van der Waals surface area contributed by atoms with Gasteiger partial charge in [0.2, 0.25) is 5.91 Å². The van der Waals surface area contributed by atoms with Crippen LogP contribution < -0.4 is 14.8 Å². The molecule has 0 atom stereocenters. The van der Waals surface area contributed by atoms with E-state index in [1.807, 2.05) is 0 Å². The van der Waals surface area contributed by atoms with Crippen LogP contribution in [-0.4, -0.2) is 24.3 Å². The molecule has 0 radical (unpaired) electrons. The predicted octanol–water partition coefficient (Wildman–Crippen LogP) is 3.47. The van der Waals surface area contributed by atoms with Crippen molar-refractivity contribution >= 4 is 23.3 Å². The minimum Gasteiger partial charge on any atom is -0.482 e. The van der Waals surface area contributed by atoms with E-state index in [0.29, 0.717) is 22.7 Å². The maximum Gasteiger partial charge on any atom is 0.349 e. The van der Waals surface area contributed by atoms with Gasteiger partial charge in [0.1, 0.15) is 11.5 Å². The Hall–Kier alpha value is -3.15. The highest BCUT2D eigenvalue weighted by Crippen LogP contribution is 2.18. The Balaban J connectivity index is 1.88. The van der Waals surface area contributed by atoms with Gasteiger partial charge in [0.25, 0.3) is 0 Å². The van der Waals surface area contributed by atoms with Crippen molar-refractivity contribution in [2.45, 2.75) is 20.8 Å². The van der Waals surface area contributed by atoms with Crippen LogP contribution in [0.25, 0.3) is 0 Å². The standard InChI is InChI=1S/C20H21NO5/c1-13(2)20(24)21-16-5-4-6-18(11-16)25-12-19(23)26-17-9-7-15(8-10-17)14(3)22/h4-11,13H,12H2,1-3H3,(H,21,24). The van der Waals surface area contributed by atoms with Crippen LogP contribution in [0.5, 0.6) is 11.5 Å². The van der Waals surface area contributed by atoms with Crippen LogP contribution in [0.1, 0.15) is 31.1 Å². The molecular weight excluding hydrogens is 334 g/mol. The molecule has 26 heavy (non-hydrogen) atoms. The first kappa shape index (κ1) is 19.2. The van der Waals surface area contributed by atoms with Gasteiger partial charge < -0.3 is 14.8 Å². The zero-order valence-corrected chi connectivity index (χ0v) is 14.9.